The van der Waals surface area contributed by atoms with Gasteiger partial charge in [-0.15, -0.1) is 5.10 Å². The van der Waals surface area contributed by atoms with Gasteiger partial charge < -0.3 is 9.73 Å². The molecule has 0 saturated heterocycles. The van der Waals surface area contributed by atoms with E-state index in [0.717, 1.165) is 17.0 Å². The molecule has 8 heteroatoms. The second-order valence-corrected chi connectivity index (χ2v) is 7.40. The van der Waals surface area contributed by atoms with Crippen molar-refractivity contribution >= 4 is 15.9 Å². The molecule has 2 rings (SSSR count). The summed E-state index contributed by atoms with van der Waals surface area (Å²) in [7, 11) is -3.62. The lowest BCUT2D eigenvalue weighted by atomic mass is 9.85. The first-order valence-corrected chi connectivity index (χ1v) is 8.85. The molecule has 0 radical (unpaired) electrons. The molecule has 0 saturated carbocycles. The number of anilines is 1. The first-order valence-electron chi connectivity index (χ1n) is 7.31. The van der Waals surface area contributed by atoms with Crippen LogP contribution in [-0.4, -0.2) is 25.2 Å². The number of nitrogens with one attached hydrogen (secondary N) is 1. The molecule has 0 unspecified atom stereocenters. The third-order valence-corrected chi connectivity index (χ3v) is 4.94. The molecule has 0 amide bonds. The van der Waals surface area contributed by atoms with Gasteiger partial charge >= 0.3 is 6.01 Å². The second-order valence-electron chi connectivity index (χ2n) is 5.57. The summed E-state index contributed by atoms with van der Waals surface area (Å²) in [6, 6.07) is 8.41. The predicted octanol–water partition coefficient (Wildman–Crippen LogP) is 2.64. The van der Waals surface area contributed by atoms with Gasteiger partial charge in [-0.05, 0) is 38.5 Å². The van der Waals surface area contributed by atoms with E-state index < -0.39 is 15.3 Å². The zero-order chi connectivity index (χ0) is 17.8. The number of nitriles is 1. The summed E-state index contributed by atoms with van der Waals surface area (Å²) in [5.41, 5.74) is 0.253. The Morgan fingerprint density at radius 1 is 1.29 bits per heavy atom. The SMILES string of the molecule is CCNc1nnc(C(C)(C)c2ccc(S(=O)(=O)C=CC#N)cc2)o1. The monoisotopic (exact) mass is 346 g/mol. The Bertz CT molecular complexity index is 875. The minimum atomic E-state index is -3.62. The van der Waals surface area contributed by atoms with Crippen molar-refractivity contribution in [2.75, 3.05) is 11.9 Å². The molecule has 0 fully saturated rings. The molecular weight excluding hydrogens is 328 g/mol. The lowest BCUT2D eigenvalue weighted by molar-refractivity contribution is 0.420. The maximum Gasteiger partial charge on any atom is 0.315 e. The third-order valence-electron chi connectivity index (χ3n) is 3.51. The molecule has 24 heavy (non-hydrogen) atoms. The van der Waals surface area contributed by atoms with E-state index in [1.54, 1.807) is 18.2 Å². The summed E-state index contributed by atoms with van der Waals surface area (Å²) in [5, 5.41) is 20.3. The molecule has 0 aliphatic carbocycles. The number of sulfone groups is 1. The molecule has 0 bridgehead atoms. The summed E-state index contributed by atoms with van der Waals surface area (Å²) in [4.78, 5) is 0.118. The van der Waals surface area contributed by atoms with Crippen molar-refractivity contribution in [3.05, 3.63) is 47.2 Å². The van der Waals surface area contributed by atoms with Gasteiger partial charge in [-0.2, -0.15) is 5.26 Å². The first-order chi connectivity index (χ1) is 11.3. The van der Waals surface area contributed by atoms with Gasteiger partial charge in [0, 0.05) is 18.0 Å². The van der Waals surface area contributed by atoms with Gasteiger partial charge in [-0.1, -0.05) is 17.2 Å². The van der Waals surface area contributed by atoms with Crippen LogP contribution in [0, 0.1) is 11.3 Å². The molecule has 1 aromatic carbocycles. The maximum atomic E-state index is 12.0. The highest BCUT2D eigenvalue weighted by Gasteiger charge is 2.30. The van der Waals surface area contributed by atoms with Crippen LogP contribution < -0.4 is 5.32 Å². The number of aromatic nitrogens is 2. The fraction of sp³-hybridized carbons (Fsp3) is 0.312. The number of rotatable bonds is 6. The van der Waals surface area contributed by atoms with E-state index in [0.29, 0.717) is 18.5 Å². The van der Waals surface area contributed by atoms with Gasteiger partial charge in [-0.25, -0.2) is 8.42 Å². The van der Waals surface area contributed by atoms with Crippen LogP contribution >= 0.6 is 0 Å². The lowest BCUT2D eigenvalue weighted by Gasteiger charge is -2.20. The smallest absolute Gasteiger partial charge is 0.315 e. The van der Waals surface area contributed by atoms with Crippen LogP contribution in [0.15, 0.2) is 45.1 Å². The van der Waals surface area contributed by atoms with Crippen LogP contribution in [0.3, 0.4) is 0 Å². The predicted molar refractivity (Wildman–Crippen MR) is 89.0 cm³/mol. The van der Waals surface area contributed by atoms with Gasteiger partial charge in [0.1, 0.15) is 0 Å². The van der Waals surface area contributed by atoms with Crippen molar-refractivity contribution < 1.29 is 12.8 Å². The van der Waals surface area contributed by atoms with E-state index in [-0.39, 0.29) is 4.90 Å². The summed E-state index contributed by atoms with van der Waals surface area (Å²) in [6.45, 7) is 6.42. The summed E-state index contributed by atoms with van der Waals surface area (Å²) in [5.74, 6) is 0.429. The van der Waals surface area contributed by atoms with Crippen molar-refractivity contribution in [2.24, 2.45) is 0 Å². The van der Waals surface area contributed by atoms with Crippen molar-refractivity contribution in [1.82, 2.24) is 10.2 Å². The number of benzene rings is 1. The number of hydrogen-bond acceptors (Lipinski definition) is 7. The van der Waals surface area contributed by atoms with E-state index >= 15 is 0 Å². The quantitative estimate of drug-likeness (QED) is 0.801. The van der Waals surface area contributed by atoms with Crippen LogP contribution in [-0.2, 0) is 15.3 Å². The Kier molecular flexibility index (Phi) is 5.04. The molecule has 0 atom stereocenters. The summed E-state index contributed by atoms with van der Waals surface area (Å²) < 4.78 is 29.6. The van der Waals surface area contributed by atoms with Gasteiger partial charge in [0.25, 0.3) is 0 Å². The molecule has 1 aromatic heterocycles. The van der Waals surface area contributed by atoms with Crippen LogP contribution in [0.25, 0.3) is 0 Å². The van der Waals surface area contributed by atoms with E-state index in [1.807, 2.05) is 20.8 Å². The minimum absolute atomic E-state index is 0.118. The van der Waals surface area contributed by atoms with Crippen molar-refractivity contribution in [3.63, 3.8) is 0 Å². The molecule has 0 aliphatic rings. The van der Waals surface area contributed by atoms with Crippen LogP contribution in [0.4, 0.5) is 6.01 Å². The molecule has 0 aliphatic heterocycles. The van der Waals surface area contributed by atoms with Crippen molar-refractivity contribution in [3.8, 4) is 6.07 Å². The highest BCUT2D eigenvalue weighted by atomic mass is 32.2. The Hall–Kier alpha value is -2.66. The van der Waals surface area contributed by atoms with Gasteiger partial charge in [-0.3, -0.25) is 0 Å². The normalized spacial score (nSPS) is 12.2. The molecule has 2 aromatic rings. The topological polar surface area (TPSA) is 109 Å². The number of nitrogens with zero attached hydrogens (tertiary/aromatic N) is 3. The number of hydrogen-bond donors (Lipinski definition) is 1. The highest BCUT2D eigenvalue weighted by molar-refractivity contribution is 7.94. The Balaban J connectivity index is 2.32. The zero-order valence-corrected chi connectivity index (χ0v) is 14.5. The number of allylic oxidation sites excluding steroid dienone is 1. The van der Waals surface area contributed by atoms with Crippen molar-refractivity contribution in [1.29, 1.82) is 5.26 Å². The molecular formula is C16H18N4O3S. The average Bonchev–Trinajstić information content (AvgIpc) is 3.03. The van der Waals surface area contributed by atoms with Gasteiger partial charge in [0.15, 0.2) is 0 Å². The van der Waals surface area contributed by atoms with E-state index in [9.17, 15) is 8.42 Å². The van der Waals surface area contributed by atoms with Crippen LogP contribution in [0.1, 0.15) is 32.2 Å². The van der Waals surface area contributed by atoms with Crippen molar-refractivity contribution in [2.45, 2.75) is 31.1 Å². The van der Waals surface area contributed by atoms with E-state index in [1.165, 1.54) is 12.1 Å². The highest BCUT2D eigenvalue weighted by Crippen LogP contribution is 2.32. The zero-order valence-electron chi connectivity index (χ0n) is 13.6. The first kappa shape index (κ1) is 17.7. The van der Waals surface area contributed by atoms with Gasteiger partial charge in [0.05, 0.1) is 16.4 Å². The maximum absolute atomic E-state index is 12.0. The Morgan fingerprint density at radius 2 is 1.96 bits per heavy atom. The Labute approximate surface area is 140 Å². The average molecular weight is 346 g/mol. The van der Waals surface area contributed by atoms with Gasteiger partial charge in [0.2, 0.25) is 15.7 Å². The van der Waals surface area contributed by atoms with E-state index in [4.69, 9.17) is 9.68 Å². The van der Waals surface area contributed by atoms with E-state index in [2.05, 4.69) is 15.5 Å². The molecule has 1 heterocycles. The third kappa shape index (κ3) is 3.63. The molecule has 0 spiro atoms. The Morgan fingerprint density at radius 3 is 2.54 bits per heavy atom. The summed E-state index contributed by atoms with van der Waals surface area (Å²) >= 11 is 0. The summed E-state index contributed by atoms with van der Waals surface area (Å²) in [6.07, 6.45) is 0.938. The molecule has 7 nitrogen and oxygen atoms in total. The standard InChI is InChI=1S/C16H18N4O3S/c1-4-18-15-20-19-14(23-15)16(2,3)12-6-8-13(9-7-12)24(21,22)11-5-10-17/h5-9,11H,4H2,1-3H3,(H,18,20). The fourth-order valence-electron chi connectivity index (χ4n) is 2.08. The second kappa shape index (κ2) is 6.84. The largest absolute Gasteiger partial charge is 0.407 e. The minimum Gasteiger partial charge on any atom is -0.407 e. The van der Waals surface area contributed by atoms with Crippen LogP contribution in [0.5, 0.6) is 0 Å². The van der Waals surface area contributed by atoms with Crippen LogP contribution in [0.2, 0.25) is 0 Å². The fourth-order valence-corrected chi connectivity index (χ4v) is 2.99. The lowest BCUT2D eigenvalue weighted by Crippen LogP contribution is -2.19. The molecule has 126 valence electrons. The molecule has 1 N–H and O–H groups in total.